The van der Waals surface area contributed by atoms with E-state index in [1.807, 2.05) is 25.1 Å². The van der Waals surface area contributed by atoms with Gasteiger partial charge in [-0.2, -0.15) is 0 Å². The summed E-state index contributed by atoms with van der Waals surface area (Å²) in [5.41, 5.74) is 0.956. The second-order valence-electron chi connectivity index (χ2n) is 8.02. The maximum Gasteiger partial charge on any atom is 0.341 e. The molecule has 1 aliphatic heterocycles. The number of ether oxygens (including phenoxy) is 2. The van der Waals surface area contributed by atoms with Crippen LogP contribution in [0.3, 0.4) is 0 Å². The molecular weight excluding hydrogens is 502 g/mol. The van der Waals surface area contributed by atoms with Gasteiger partial charge in [0, 0.05) is 39.9 Å². The van der Waals surface area contributed by atoms with Crippen molar-refractivity contribution in [1.82, 2.24) is 5.32 Å². The van der Waals surface area contributed by atoms with Crippen LogP contribution in [0.5, 0.6) is 5.75 Å². The van der Waals surface area contributed by atoms with Crippen molar-refractivity contribution in [1.29, 1.82) is 0 Å². The molecule has 0 saturated carbocycles. The van der Waals surface area contributed by atoms with Gasteiger partial charge in [-0.1, -0.05) is 39.7 Å². The molecule has 172 valence electrons. The Morgan fingerprint density at radius 1 is 1.22 bits per heavy atom. The summed E-state index contributed by atoms with van der Waals surface area (Å²) in [6.45, 7) is 1.23. The summed E-state index contributed by atoms with van der Waals surface area (Å²) in [6.07, 6.45) is 0.133. The van der Waals surface area contributed by atoms with E-state index in [0.717, 1.165) is 10.0 Å². The predicted octanol–water partition coefficient (Wildman–Crippen LogP) is 4.42. The zero-order valence-electron chi connectivity index (χ0n) is 17.5. The van der Waals surface area contributed by atoms with Crippen LogP contribution >= 0.6 is 27.5 Å². The predicted molar refractivity (Wildman–Crippen MR) is 123 cm³/mol. The van der Waals surface area contributed by atoms with Gasteiger partial charge in [0.25, 0.3) is 0 Å². The van der Waals surface area contributed by atoms with Gasteiger partial charge in [0.2, 0.25) is 5.91 Å². The third kappa shape index (κ3) is 6.45. The standard InChI is InChI=1S/C23H25BrClNO6/c1-23(26-21(28)8-9-27)11-19(14-2-5-16(25)6-3-14)32-20(12-23)17-10-15(24)4-7-18(17)31-13-22(29)30/h2-7,10,19-20,27H,8-9,11-13H2,1H3,(H,26,28)(H,29,30)/t19-,20+,23+/m0/s1. The molecule has 3 rings (SSSR count). The molecule has 9 heteroatoms. The SMILES string of the molecule is C[C@@]1(NC(=O)CCO)C[C@@H](c2ccc(Cl)cc2)O[C@@H](c2cc(Br)ccc2OCC(=O)O)C1. The third-order valence-corrected chi connectivity index (χ3v) is 6.04. The quantitative estimate of drug-likeness (QED) is 0.470. The summed E-state index contributed by atoms with van der Waals surface area (Å²) >= 11 is 9.50. The minimum absolute atomic E-state index is 0.0105. The lowest BCUT2D eigenvalue weighted by atomic mass is 9.81. The Morgan fingerprint density at radius 3 is 2.56 bits per heavy atom. The molecule has 1 heterocycles. The number of carbonyl (C=O) groups is 2. The van der Waals surface area contributed by atoms with E-state index in [4.69, 9.17) is 31.3 Å². The largest absolute Gasteiger partial charge is 0.482 e. The number of hydrogen-bond donors (Lipinski definition) is 3. The van der Waals surface area contributed by atoms with Crippen molar-refractivity contribution < 1.29 is 29.3 Å². The van der Waals surface area contributed by atoms with Crippen molar-refractivity contribution in [3.63, 3.8) is 0 Å². The minimum Gasteiger partial charge on any atom is -0.482 e. The maximum atomic E-state index is 12.3. The monoisotopic (exact) mass is 525 g/mol. The van der Waals surface area contributed by atoms with Crippen molar-refractivity contribution in [3.8, 4) is 5.75 Å². The number of rotatable bonds is 8. The Kier molecular flexibility index (Phi) is 8.16. The topological polar surface area (TPSA) is 105 Å². The molecule has 0 aliphatic carbocycles. The van der Waals surface area contributed by atoms with E-state index >= 15 is 0 Å². The van der Waals surface area contributed by atoms with Gasteiger partial charge < -0.3 is 25.0 Å². The molecule has 7 nitrogen and oxygen atoms in total. The normalized spacial score (nSPS) is 22.9. The van der Waals surface area contributed by atoms with Crippen molar-refractivity contribution in [3.05, 3.63) is 63.1 Å². The van der Waals surface area contributed by atoms with Crippen molar-refractivity contribution >= 4 is 39.4 Å². The van der Waals surface area contributed by atoms with E-state index in [9.17, 15) is 9.59 Å². The van der Waals surface area contributed by atoms with Gasteiger partial charge in [-0.25, -0.2) is 4.79 Å². The molecule has 3 N–H and O–H groups in total. The molecule has 2 aromatic carbocycles. The van der Waals surface area contributed by atoms with Gasteiger partial charge in [0.15, 0.2) is 6.61 Å². The van der Waals surface area contributed by atoms with E-state index in [-0.39, 0.29) is 25.0 Å². The third-order valence-electron chi connectivity index (χ3n) is 5.29. The van der Waals surface area contributed by atoms with Crippen LogP contribution in [-0.4, -0.2) is 40.8 Å². The number of aliphatic hydroxyl groups excluding tert-OH is 1. The van der Waals surface area contributed by atoms with E-state index < -0.39 is 24.2 Å². The molecule has 1 amide bonds. The number of carbonyl (C=O) groups excluding carboxylic acids is 1. The molecule has 3 atom stereocenters. The lowest BCUT2D eigenvalue weighted by molar-refractivity contribution is -0.139. The average molecular weight is 527 g/mol. The van der Waals surface area contributed by atoms with E-state index in [1.54, 1.807) is 24.3 Å². The first kappa shape index (κ1) is 24.5. The summed E-state index contributed by atoms with van der Waals surface area (Å²) in [4.78, 5) is 23.4. The van der Waals surface area contributed by atoms with Crippen molar-refractivity contribution in [2.24, 2.45) is 0 Å². The zero-order chi connectivity index (χ0) is 23.3. The number of hydrogen-bond acceptors (Lipinski definition) is 5. The summed E-state index contributed by atoms with van der Waals surface area (Å²) in [6, 6.07) is 12.6. The number of benzene rings is 2. The van der Waals surface area contributed by atoms with E-state index in [0.29, 0.717) is 29.2 Å². The van der Waals surface area contributed by atoms with Gasteiger partial charge >= 0.3 is 5.97 Å². The highest BCUT2D eigenvalue weighted by Gasteiger charge is 2.41. The van der Waals surface area contributed by atoms with Crippen LogP contribution in [0.25, 0.3) is 0 Å². The maximum absolute atomic E-state index is 12.3. The summed E-state index contributed by atoms with van der Waals surface area (Å²) in [5, 5.41) is 21.8. The zero-order valence-corrected chi connectivity index (χ0v) is 19.9. The van der Waals surface area contributed by atoms with Crippen LogP contribution in [0.4, 0.5) is 0 Å². The number of carboxylic acid groups (broad SMARTS) is 1. The Balaban J connectivity index is 1.96. The molecule has 1 aliphatic rings. The summed E-state index contributed by atoms with van der Waals surface area (Å²) in [5.74, 6) is -0.924. The highest BCUT2D eigenvalue weighted by molar-refractivity contribution is 9.10. The van der Waals surface area contributed by atoms with Crippen molar-refractivity contribution in [2.45, 2.75) is 43.9 Å². The second-order valence-corrected chi connectivity index (χ2v) is 9.37. The molecule has 0 aromatic heterocycles. The van der Waals surface area contributed by atoms with E-state index in [1.165, 1.54) is 0 Å². The summed E-state index contributed by atoms with van der Waals surface area (Å²) in [7, 11) is 0. The number of aliphatic hydroxyl groups is 1. The first-order valence-electron chi connectivity index (χ1n) is 10.2. The number of nitrogens with one attached hydrogen (secondary N) is 1. The molecule has 2 aromatic rings. The van der Waals surface area contributed by atoms with Crippen LogP contribution in [0.2, 0.25) is 5.02 Å². The fraction of sp³-hybridized carbons (Fsp3) is 0.391. The second kappa shape index (κ2) is 10.7. The van der Waals surface area contributed by atoms with Gasteiger partial charge in [0.1, 0.15) is 5.75 Å². The Hall–Kier alpha value is -2.13. The van der Waals surface area contributed by atoms with Crippen LogP contribution < -0.4 is 10.1 Å². The fourth-order valence-corrected chi connectivity index (χ4v) is 4.40. The average Bonchev–Trinajstić information content (AvgIpc) is 2.72. The highest BCUT2D eigenvalue weighted by Crippen LogP contribution is 2.46. The Labute approximate surface area is 199 Å². The van der Waals surface area contributed by atoms with Crippen LogP contribution in [-0.2, 0) is 14.3 Å². The molecule has 0 unspecified atom stereocenters. The molecule has 32 heavy (non-hydrogen) atoms. The Morgan fingerprint density at radius 2 is 1.91 bits per heavy atom. The Bertz CT molecular complexity index is 969. The van der Waals surface area contributed by atoms with Gasteiger partial charge in [0.05, 0.1) is 18.8 Å². The smallest absolute Gasteiger partial charge is 0.341 e. The van der Waals surface area contributed by atoms with Gasteiger partial charge in [-0.15, -0.1) is 0 Å². The van der Waals surface area contributed by atoms with Gasteiger partial charge in [-0.3, -0.25) is 4.79 Å². The lowest BCUT2D eigenvalue weighted by Crippen LogP contribution is -2.51. The van der Waals surface area contributed by atoms with Crippen LogP contribution in [0.1, 0.15) is 49.5 Å². The number of carboxylic acids is 1. The van der Waals surface area contributed by atoms with E-state index in [2.05, 4.69) is 21.2 Å². The van der Waals surface area contributed by atoms with Crippen LogP contribution in [0, 0.1) is 0 Å². The molecule has 1 saturated heterocycles. The number of amides is 1. The number of aliphatic carboxylic acids is 1. The lowest BCUT2D eigenvalue weighted by Gasteiger charge is -2.43. The number of halogens is 2. The minimum atomic E-state index is -1.08. The molecule has 0 bridgehead atoms. The summed E-state index contributed by atoms with van der Waals surface area (Å²) < 4.78 is 12.7. The first-order chi connectivity index (χ1) is 15.2. The molecule has 0 spiro atoms. The fourth-order valence-electron chi connectivity index (χ4n) is 3.90. The first-order valence-corrected chi connectivity index (χ1v) is 11.3. The van der Waals surface area contributed by atoms with Crippen LogP contribution in [0.15, 0.2) is 46.9 Å². The highest BCUT2D eigenvalue weighted by atomic mass is 79.9. The molecular formula is C23H25BrClNO6. The van der Waals surface area contributed by atoms with Crippen molar-refractivity contribution in [2.75, 3.05) is 13.2 Å². The molecule has 0 radical (unpaired) electrons. The molecule has 1 fully saturated rings. The van der Waals surface area contributed by atoms with Gasteiger partial charge in [-0.05, 0) is 42.8 Å².